The molecule has 0 N–H and O–H groups in total. The summed E-state index contributed by atoms with van der Waals surface area (Å²) >= 11 is 0. The second kappa shape index (κ2) is 16.7. The van der Waals surface area contributed by atoms with E-state index in [-0.39, 0.29) is 59.5 Å². The summed E-state index contributed by atoms with van der Waals surface area (Å²) in [5.74, 6) is -0.185. The van der Waals surface area contributed by atoms with Crippen molar-refractivity contribution in [2.75, 3.05) is 60.3 Å². The zero-order valence-corrected chi connectivity index (χ0v) is 29.4. The molecule has 2 rings (SSSR count). The van der Waals surface area contributed by atoms with Gasteiger partial charge in [0.1, 0.15) is 13.2 Å². The molecule has 2 aliphatic rings. The fourth-order valence-corrected chi connectivity index (χ4v) is 8.23. The van der Waals surface area contributed by atoms with Crippen molar-refractivity contribution in [1.82, 2.24) is 9.80 Å². The molecule has 2 saturated heterocycles. The van der Waals surface area contributed by atoms with E-state index < -0.39 is 5.97 Å². The number of carbonyl (C=O) groups excluding carboxylic acids is 3. The smallest absolute Gasteiger partial charge is 0.306 e. The number of piperidine rings is 2. The molecule has 0 amide bonds. The lowest BCUT2D eigenvalue weighted by atomic mass is 9.74. The van der Waals surface area contributed by atoms with Crippen LogP contribution >= 0.6 is 0 Å². The Bertz CT molecular complexity index is 896. The van der Waals surface area contributed by atoms with E-state index >= 15 is 0 Å². The van der Waals surface area contributed by atoms with Crippen LogP contribution in [0.25, 0.3) is 0 Å². The van der Waals surface area contributed by atoms with Crippen molar-refractivity contribution >= 4 is 17.9 Å². The maximum absolute atomic E-state index is 12.5. The summed E-state index contributed by atoms with van der Waals surface area (Å²) in [6.07, 6.45) is 4.85. The van der Waals surface area contributed by atoms with E-state index in [0.29, 0.717) is 51.7 Å². The highest BCUT2D eigenvalue weighted by atomic mass is 16.5. The second-order valence-corrected chi connectivity index (χ2v) is 15.3. The number of hydrogen-bond acceptors (Lipinski definition) is 10. The zero-order valence-electron chi connectivity index (χ0n) is 29.4. The third-order valence-corrected chi connectivity index (χ3v) is 9.38. The second-order valence-electron chi connectivity index (χ2n) is 15.3. The van der Waals surface area contributed by atoms with Crippen molar-refractivity contribution in [1.29, 1.82) is 0 Å². The van der Waals surface area contributed by atoms with Gasteiger partial charge < -0.3 is 23.7 Å². The maximum atomic E-state index is 12.5. The van der Waals surface area contributed by atoms with Crippen molar-refractivity contribution in [2.45, 2.75) is 129 Å². The molecule has 0 atom stereocenters. The molecule has 10 heteroatoms. The molecular weight excluding hydrogens is 564 g/mol. The van der Waals surface area contributed by atoms with Gasteiger partial charge in [0.25, 0.3) is 0 Å². The summed E-state index contributed by atoms with van der Waals surface area (Å²) in [5.41, 5.74) is -0.382. The third kappa shape index (κ3) is 11.9. The first-order valence-electron chi connectivity index (χ1n) is 16.4. The molecule has 0 radical (unpaired) electrons. The van der Waals surface area contributed by atoms with Crippen molar-refractivity contribution < 1.29 is 38.1 Å². The van der Waals surface area contributed by atoms with Crippen LogP contribution < -0.4 is 0 Å². The Kier molecular flexibility index (Phi) is 14.6. The Morgan fingerprint density at radius 3 is 1.32 bits per heavy atom. The summed E-state index contributed by atoms with van der Waals surface area (Å²) in [4.78, 5) is 41.8. The molecule has 0 unspecified atom stereocenters. The van der Waals surface area contributed by atoms with Gasteiger partial charge in [-0.1, -0.05) is 0 Å². The van der Waals surface area contributed by atoms with Crippen LogP contribution in [0.15, 0.2) is 0 Å². The van der Waals surface area contributed by atoms with Crippen molar-refractivity contribution in [3.63, 3.8) is 0 Å². The van der Waals surface area contributed by atoms with Gasteiger partial charge in [0.2, 0.25) is 0 Å². The Labute approximate surface area is 266 Å². The number of ether oxygens (including phenoxy) is 5. The number of hydrogen-bond donors (Lipinski definition) is 0. The van der Waals surface area contributed by atoms with E-state index in [2.05, 4.69) is 65.2 Å². The van der Waals surface area contributed by atoms with Crippen LogP contribution in [0.5, 0.6) is 0 Å². The lowest BCUT2D eigenvalue weighted by Crippen LogP contribution is -2.61. The van der Waals surface area contributed by atoms with Gasteiger partial charge in [0, 0.05) is 69.1 Å². The Hall–Kier alpha value is -1.75. The van der Waals surface area contributed by atoms with Crippen molar-refractivity contribution in [3.8, 4) is 0 Å². The Morgan fingerprint density at radius 2 is 0.932 bits per heavy atom. The highest BCUT2D eigenvalue weighted by Gasteiger charge is 2.46. The van der Waals surface area contributed by atoms with Crippen molar-refractivity contribution in [2.24, 2.45) is 11.8 Å². The highest BCUT2D eigenvalue weighted by molar-refractivity contribution is 5.77. The van der Waals surface area contributed by atoms with Gasteiger partial charge in [-0.15, -0.1) is 0 Å². The quantitative estimate of drug-likeness (QED) is 0.124. The van der Waals surface area contributed by atoms with E-state index in [9.17, 15) is 14.4 Å². The minimum atomic E-state index is -0.393. The minimum absolute atomic E-state index is 0.00282. The molecule has 0 spiro atoms. The van der Waals surface area contributed by atoms with Gasteiger partial charge in [-0.25, -0.2) is 0 Å². The van der Waals surface area contributed by atoms with Crippen LogP contribution in [0.1, 0.15) is 107 Å². The van der Waals surface area contributed by atoms with Crippen LogP contribution in [0.2, 0.25) is 0 Å². The number of rotatable bonds is 17. The first-order chi connectivity index (χ1) is 20.4. The van der Waals surface area contributed by atoms with Crippen LogP contribution in [-0.4, -0.2) is 110 Å². The molecule has 0 aromatic heterocycles. The molecule has 0 saturated carbocycles. The summed E-state index contributed by atoms with van der Waals surface area (Å²) in [6.45, 7) is 21.2. The molecule has 256 valence electrons. The number of nitrogens with zero attached hydrogens (tertiary/aromatic N) is 2. The van der Waals surface area contributed by atoms with Crippen LogP contribution in [0.4, 0.5) is 0 Å². The molecule has 2 aliphatic heterocycles. The van der Waals surface area contributed by atoms with Gasteiger partial charge in [-0.2, -0.15) is 0 Å². The number of carbonyl (C=O) groups is 3. The largest absolute Gasteiger partial charge is 0.465 e. The van der Waals surface area contributed by atoms with Gasteiger partial charge in [-0.3, -0.25) is 24.2 Å². The Balaban J connectivity index is 1.71. The molecule has 0 bridgehead atoms. The molecular formula is C34H62N2O8. The first kappa shape index (κ1) is 38.4. The summed E-state index contributed by atoms with van der Waals surface area (Å²) in [5, 5.41) is 0. The molecule has 0 aliphatic carbocycles. The lowest BCUT2D eigenvalue weighted by Gasteiger charge is -2.55. The molecule has 0 aromatic carbocycles. The lowest BCUT2D eigenvalue weighted by molar-refractivity contribution is -0.153. The predicted octanol–water partition coefficient (Wildman–Crippen LogP) is 5.01. The predicted molar refractivity (Wildman–Crippen MR) is 170 cm³/mol. The number of likely N-dealkylation sites (tertiary alicyclic amines) is 2. The third-order valence-electron chi connectivity index (χ3n) is 9.38. The van der Waals surface area contributed by atoms with E-state index in [1.807, 2.05) is 0 Å². The van der Waals surface area contributed by atoms with E-state index in [4.69, 9.17) is 23.7 Å². The van der Waals surface area contributed by atoms with Gasteiger partial charge in [0.05, 0.1) is 19.4 Å². The molecule has 2 heterocycles. The fraction of sp³-hybridized carbons (Fsp3) is 0.912. The SMILES string of the molecule is COCCCC(=O)OCC1CC(C)(C)N(CCOC(=O)CCC(=O)OCCN2C(C)(C)CC(COC)CC2(C)C)C(C)(C)C1. The summed E-state index contributed by atoms with van der Waals surface area (Å²) in [7, 11) is 3.38. The standard InChI is InChI=1S/C34H62N2O8/c1-31(2)20-26(24-41-10)21-32(3,4)35(31)15-18-42-29(38)13-14-30(39)43-19-16-36-33(5,6)22-27(23-34(36,7)8)25-44-28(37)12-11-17-40-9/h26-27H,11-25H2,1-10H3. The monoisotopic (exact) mass is 626 g/mol. The van der Waals surface area contributed by atoms with Gasteiger partial charge >= 0.3 is 17.9 Å². The van der Waals surface area contributed by atoms with E-state index in [0.717, 1.165) is 32.3 Å². The Morgan fingerprint density at radius 1 is 0.545 bits per heavy atom. The average Bonchev–Trinajstić information content (AvgIpc) is 2.88. The number of methoxy groups -OCH3 is 2. The maximum Gasteiger partial charge on any atom is 0.306 e. The minimum Gasteiger partial charge on any atom is -0.465 e. The first-order valence-corrected chi connectivity index (χ1v) is 16.4. The number of esters is 3. The molecule has 0 aromatic rings. The van der Waals surface area contributed by atoms with E-state index in [1.165, 1.54) is 0 Å². The summed E-state index contributed by atoms with van der Waals surface area (Å²) < 4.78 is 27.0. The molecule has 10 nitrogen and oxygen atoms in total. The van der Waals surface area contributed by atoms with Gasteiger partial charge in [0.15, 0.2) is 0 Å². The van der Waals surface area contributed by atoms with E-state index in [1.54, 1.807) is 14.2 Å². The summed E-state index contributed by atoms with van der Waals surface area (Å²) in [6, 6.07) is 0. The zero-order chi connectivity index (χ0) is 33.2. The molecule has 44 heavy (non-hydrogen) atoms. The van der Waals surface area contributed by atoms with Crippen LogP contribution in [0, 0.1) is 11.8 Å². The normalized spacial score (nSPS) is 22.0. The van der Waals surface area contributed by atoms with Crippen LogP contribution in [-0.2, 0) is 38.1 Å². The highest BCUT2D eigenvalue weighted by Crippen LogP contribution is 2.42. The van der Waals surface area contributed by atoms with Crippen LogP contribution in [0.3, 0.4) is 0 Å². The van der Waals surface area contributed by atoms with Crippen molar-refractivity contribution in [3.05, 3.63) is 0 Å². The average molecular weight is 627 g/mol. The van der Waals surface area contributed by atoms with Gasteiger partial charge in [-0.05, 0) is 99.3 Å². The fourth-order valence-electron chi connectivity index (χ4n) is 8.23. The molecule has 2 fully saturated rings. The topological polar surface area (TPSA) is 104 Å².